The molecule has 0 aliphatic heterocycles. The molecule has 130 valence electrons. The second-order valence-corrected chi connectivity index (χ2v) is 8.87. The molecule has 0 aliphatic rings. The molecule has 0 aliphatic carbocycles. The Morgan fingerprint density at radius 1 is 1.22 bits per heavy atom. The Morgan fingerprint density at radius 2 is 1.74 bits per heavy atom. The molecule has 1 N–H and O–H groups in total. The molecule has 0 saturated carbocycles. The Morgan fingerprint density at radius 3 is 2.22 bits per heavy atom. The zero-order valence-electron chi connectivity index (χ0n) is 13.7. The second-order valence-electron chi connectivity index (χ2n) is 4.80. The van der Waals surface area contributed by atoms with E-state index < -0.39 is 23.3 Å². The fourth-order valence-corrected chi connectivity index (χ4v) is 3.99. The van der Waals surface area contributed by atoms with Crippen LogP contribution in [0.15, 0.2) is 34.3 Å². The highest BCUT2D eigenvalue weighted by atomic mass is 32.2. The van der Waals surface area contributed by atoms with Crippen LogP contribution in [0.3, 0.4) is 0 Å². The first-order valence-corrected chi connectivity index (χ1v) is 10.3. The van der Waals surface area contributed by atoms with Gasteiger partial charge in [-0.15, -0.1) is 0 Å². The van der Waals surface area contributed by atoms with Crippen molar-refractivity contribution in [2.45, 2.75) is 38.2 Å². The van der Waals surface area contributed by atoms with Crippen LogP contribution in [0.1, 0.15) is 26.3 Å². The van der Waals surface area contributed by atoms with Gasteiger partial charge in [-0.25, -0.2) is 4.83 Å². The first-order valence-electron chi connectivity index (χ1n) is 7.25. The first-order chi connectivity index (χ1) is 10.7. The lowest BCUT2D eigenvalue weighted by Crippen LogP contribution is -2.20. The largest absolute Gasteiger partial charge is 0.338 e. The van der Waals surface area contributed by atoms with E-state index in [2.05, 4.69) is 9.93 Å². The van der Waals surface area contributed by atoms with Gasteiger partial charge in [0.2, 0.25) is 0 Å². The van der Waals surface area contributed by atoms with E-state index in [-0.39, 0.29) is 18.1 Å². The van der Waals surface area contributed by atoms with E-state index in [0.29, 0.717) is 0 Å². The fourth-order valence-electron chi connectivity index (χ4n) is 1.69. The maximum atomic E-state index is 12.5. The van der Waals surface area contributed by atoms with Gasteiger partial charge in [-0.1, -0.05) is 17.7 Å². The second kappa shape index (κ2) is 8.59. The first kappa shape index (κ1) is 19.8. The van der Waals surface area contributed by atoms with Crippen LogP contribution in [0.2, 0.25) is 0 Å². The molecule has 1 aromatic rings. The zero-order valence-corrected chi connectivity index (χ0v) is 15.4. The standard InChI is InChI=1S/C14H23N2O5PS/c1-5-20-22(17,21-6-2)13(4)11-15-16-23(18,19)14-9-7-12(3)8-10-14/h7-11,13,16H,5-6H2,1-4H3/b15-11+. The summed E-state index contributed by atoms with van der Waals surface area (Å²) < 4.78 is 47.0. The topological polar surface area (TPSA) is 94.1 Å². The Balaban J connectivity index is 2.80. The van der Waals surface area contributed by atoms with Gasteiger partial charge in [0.1, 0.15) is 0 Å². The molecule has 7 nitrogen and oxygen atoms in total. The van der Waals surface area contributed by atoms with E-state index in [1.807, 2.05) is 6.92 Å². The number of hydrazone groups is 1. The summed E-state index contributed by atoms with van der Waals surface area (Å²) >= 11 is 0. The van der Waals surface area contributed by atoms with Gasteiger partial charge in [-0.3, -0.25) is 4.57 Å². The van der Waals surface area contributed by atoms with E-state index >= 15 is 0 Å². The average molecular weight is 362 g/mol. The molecule has 1 aromatic carbocycles. The molecule has 0 heterocycles. The quantitative estimate of drug-likeness (QED) is 0.414. The fraction of sp³-hybridized carbons (Fsp3) is 0.500. The van der Waals surface area contributed by atoms with Crippen molar-refractivity contribution in [2.75, 3.05) is 13.2 Å². The molecular weight excluding hydrogens is 339 g/mol. The van der Waals surface area contributed by atoms with Gasteiger partial charge in [0, 0.05) is 6.21 Å². The minimum atomic E-state index is -3.76. The van der Waals surface area contributed by atoms with Crippen molar-refractivity contribution in [1.29, 1.82) is 0 Å². The highest BCUT2D eigenvalue weighted by Gasteiger charge is 2.30. The van der Waals surface area contributed by atoms with Crippen LogP contribution < -0.4 is 4.83 Å². The number of hydrogen-bond acceptors (Lipinski definition) is 6. The summed E-state index contributed by atoms with van der Waals surface area (Å²) in [5.74, 6) is 0. The van der Waals surface area contributed by atoms with Gasteiger partial charge in [0.15, 0.2) is 0 Å². The number of sulfonamides is 1. The average Bonchev–Trinajstić information content (AvgIpc) is 2.48. The van der Waals surface area contributed by atoms with Crippen molar-refractivity contribution in [1.82, 2.24) is 4.83 Å². The molecule has 1 rings (SSSR count). The predicted molar refractivity (Wildman–Crippen MR) is 90.3 cm³/mol. The summed E-state index contributed by atoms with van der Waals surface area (Å²) in [6, 6.07) is 6.36. The van der Waals surface area contributed by atoms with E-state index in [1.165, 1.54) is 18.3 Å². The molecule has 0 saturated heterocycles. The molecular formula is C14H23N2O5PS. The summed E-state index contributed by atoms with van der Waals surface area (Å²) in [4.78, 5) is 2.19. The maximum absolute atomic E-state index is 12.5. The lowest BCUT2D eigenvalue weighted by Gasteiger charge is -2.20. The normalized spacial score (nSPS) is 14.1. The van der Waals surface area contributed by atoms with Crippen LogP contribution in [0.5, 0.6) is 0 Å². The van der Waals surface area contributed by atoms with Gasteiger partial charge >= 0.3 is 7.60 Å². The van der Waals surface area contributed by atoms with Crippen LogP contribution in [0, 0.1) is 6.92 Å². The van der Waals surface area contributed by atoms with Crippen molar-refractivity contribution < 1.29 is 22.0 Å². The van der Waals surface area contributed by atoms with Crippen molar-refractivity contribution in [3.8, 4) is 0 Å². The van der Waals surface area contributed by atoms with Crippen LogP contribution in [0.25, 0.3) is 0 Å². The van der Waals surface area contributed by atoms with Crippen LogP contribution in [-0.2, 0) is 23.6 Å². The Hall–Kier alpha value is -1.21. The lowest BCUT2D eigenvalue weighted by molar-refractivity contribution is 0.218. The Labute approximate surface area is 137 Å². The van der Waals surface area contributed by atoms with E-state index in [0.717, 1.165) is 5.56 Å². The molecule has 0 bridgehead atoms. The van der Waals surface area contributed by atoms with E-state index in [9.17, 15) is 13.0 Å². The number of rotatable bonds is 9. The van der Waals surface area contributed by atoms with Crippen molar-refractivity contribution in [2.24, 2.45) is 5.10 Å². The van der Waals surface area contributed by atoms with Gasteiger partial charge in [-0.2, -0.15) is 13.5 Å². The van der Waals surface area contributed by atoms with Gasteiger partial charge in [0.25, 0.3) is 10.0 Å². The molecule has 0 fully saturated rings. The number of nitrogens with one attached hydrogen (secondary N) is 1. The smallest absolute Gasteiger partial charge is 0.308 e. The highest BCUT2D eigenvalue weighted by Crippen LogP contribution is 2.52. The van der Waals surface area contributed by atoms with Crippen molar-refractivity contribution in [3.63, 3.8) is 0 Å². The van der Waals surface area contributed by atoms with Gasteiger partial charge in [0.05, 0.1) is 23.8 Å². The third-order valence-electron chi connectivity index (χ3n) is 2.91. The van der Waals surface area contributed by atoms with Crippen molar-refractivity contribution >= 4 is 23.8 Å². The summed E-state index contributed by atoms with van der Waals surface area (Å²) in [7, 11) is -7.12. The number of aryl methyl sites for hydroxylation is 1. The molecule has 0 radical (unpaired) electrons. The summed E-state index contributed by atoms with van der Waals surface area (Å²) in [6.07, 6.45) is 1.22. The molecule has 0 amide bonds. The van der Waals surface area contributed by atoms with Crippen LogP contribution in [0.4, 0.5) is 0 Å². The third kappa shape index (κ3) is 5.73. The third-order valence-corrected chi connectivity index (χ3v) is 6.52. The number of nitrogens with zero attached hydrogens (tertiary/aromatic N) is 1. The molecule has 0 spiro atoms. The van der Waals surface area contributed by atoms with E-state index in [1.54, 1.807) is 32.9 Å². The van der Waals surface area contributed by atoms with Crippen LogP contribution >= 0.6 is 7.60 Å². The molecule has 0 aromatic heterocycles. The molecule has 1 unspecified atom stereocenters. The molecule has 1 atom stereocenters. The monoisotopic (exact) mass is 362 g/mol. The summed E-state index contributed by atoms with van der Waals surface area (Å²) in [5.41, 5.74) is 0.276. The van der Waals surface area contributed by atoms with Gasteiger partial charge in [-0.05, 0) is 39.8 Å². The van der Waals surface area contributed by atoms with Crippen LogP contribution in [-0.4, -0.2) is 33.5 Å². The number of benzene rings is 1. The van der Waals surface area contributed by atoms with E-state index in [4.69, 9.17) is 9.05 Å². The highest BCUT2D eigenvalue weighted by molar-refractivity contribution is 7.89. The Kier molecular flexibility index (Phi) is 7.41. The SMILES string of the molecule is CCOP(=O)(OCC)C(C)/C=N/NS(=O)(=O)c1ccc(C)cc1. The molecule has 23 heavy (non-hydrogen) atoms. The summed E-state index contributed by atoms with van der Waals surface area (Å²) in [5, 5.41) is 3.68. The van der Waals surface area contributed by atoms with Crippen molar-refractivity contribution in [3.05, 3.63) is 29.8 Å². The minimum Gasteiger partial charge on any atom is -0.308 e. The minimum absolute atomic E-state index is 0.103. The predicted octanol–water partition coefficient (Wildman–Crippen LogP) is 2.91. The molecule has 9 heteroatoms. The lowest BCUT2D eigenvalue weighted by atomic mass is 10.2. The van der Waals surface area contributed by atoms with Gasteiger partial charge < -0.3 is 9.05 Å². The zero-order chi connectivity index (χ0) is 17.5. The number of hydrogen-bond donors (Lipinski definition) is 1. The summed E-state index contributed by atoms with van der Waals surface area (Å²) in [6.45, 7) is 7.32. The maximum Gasteiger partial charge on any atom is 0.338 e. The Bertz CT molecular complexity index is 663.